The van der Waals surface area contributed by atoms with Crippen molar-refractivity contribution < 1.29 is 18.3 Å². The van der Waals surface area contributed by atoms with Crippen LogP contribution in [0.2, 0.25) is 0 Å². The van der Waals surface area contributed by atoms with Crippen LogP contribution < -0.4 is 9.47 Å². The molecule has 0 fully saturated rings. The third kappa shape index (κ3) is 1.82. The van der Waals surface area contributed by atoms with E-state index in [-0.39, 0.29) is 22.4 Å². The van der Waals surface area contributed by atoms with E-state index in [9.17, 15) is 8.78 Å². The van der Waals surface area contributed by atoms with Crippen molar-refractivity contribution >= 4 is 15.9 Å². The molecule has 0 spiro atoms. The van der Waals surface area contributed by atoms with Gasteiger partial charge in [0.05, 0.1) is 14.2 Å². The quantitative estimate of drug-likeness (QED) is 0.784. The van der Waals surface area contributed by atoms with Gasteiger partial charge in [0, 0.05) is 17.0 Å². The minimum Gasteiger partial charge on any atom is -0.494 e. The highest BCUT2D eigenvalue weighted by Gasteiger charge is 2.18. The normalized spacial score (nSPS) is 10.1. The molecule has 0 saturated carbocycles. The highest BCUT2D eigenvalue weighted by molar-refractivity contribution is 9.08. The first-order valence-corrected chi connectivity index (χ1v) is 4.92. The molecule has 2 nitrogen and oxygen atoms in total. The van der Waals surface area contributed by atoms with Gasteiger partial charge in [-0.05, 0) is 0 Å². The van der Waals surface area contributed by atoms with Gasteiger partial charge in [-0.2, -0.15) is 0 Å². The van der Waals surface area contributed by atoms with Crippen LogP contribution in [0.1, 0.15) is 5.56 Å². The fourth-order valence-corrected chi connectivity index (χ4v) is 1.55. The van der Waals surface area contributed by atoms with Crippen LogP contribution in [-0.2, 0) is 5.33 Å². The number of ether oxygens (including phenoxy) is 2. The van der Waals surface area contributed by atoms with Crippen LogP contribution in [-0.4, -0.2) is 14.2 Å². The molecule has 0 aromatic heterocycles. The highest BCUT2D eigenvalue weighted by Crippen LogP contribution is 2.32. The molecule has 1 aromatic rings. The zero-order chi connectivity index (χ0) is 10.7. The second-order valence-electron chi connectivity index (χ2n) is 2.52. The maximum Gasteiger partial charge on any atom is 0.172 e. The van der Waals surface area contributed by atoms with Crippen LogP contribution in [0.25, 0.3) is 0 Å². The topological polar surface area (TPSA) is 18.5 Å². The second-order valence-corrected chi connectivity index (χ2v) is 3.08. The van der Waals surface area contributed by atoms with Crippen molar-refractivity contribution in [1.82, 2.24) is 0 Å². The average molecular weight is 267 g/mol. The van der Waals surface area contributed by atoms with Crippen LogP contribution in [0, 0.1) is 11.6 Å². The predicted octanol–water partition coefficient (Wildman–Crippen LogP) is 2.88. The van der Waals surface area contributed by atoms with Gasteiger partial charge in [0.25, 0.3) is 0 Å². The number of hydrogen-bond acceptors (Lipinski definition) is 2. The standard InChI is InChI=1S/C9H9BrF2O2/c1-13-6-3-7(14-2)9(12)5(4-10)8(6)11/h3H,4H2,1-2H3. The van der Waals surface area contributed by atoms with Crippen molar-refractivity contribution in [3.8, 4) is 11.5 Å². The molecule has 0 aliphatic heterocycles. The molecule has 0 saturated heterocycles. The number of benzene rings is 1. The lowest BCUT2D eigenvalue weighted by Crippen LogP contribution is -2.00. The molecule has 78 valence electrons. The molecule has 0 N–H and O–H groups in total. The van der Waals surface area contributed by atoms with E-state index in [0.717, 1.165) is 0 Å². The number of alkyl halides is 1. The molecule has 1 aromatic carbocycles. The summed E-state index contributed by atoms with van der Waals surface area (Å²) in [4.78, 5) is 0. The van der Waals surface area contributed by atoms with Gasteiger partial charge in [0.15, 0.2) is 23.1 Å². The number of hydrogen-bond donors (Lipinski definition) is 0. The fraction of sp³-hybridized carbons (Fsp3) is 0.333. The van der Waals surface area contributed by atoms with E-state index in [0.29, 0.717) is 0 Å². The zero-order valence-electron chi connectivity index (χ0n) is 7.73. The van der Waals surface area contributed by atoms with Gasteiger partial charge >= 0.3 is 0 Å². The molecule has 0 aliphatic carbocycles. The molecule has 0 bridgehead atoms. The zero-order valence-corrected chi connectivity index (χ0v) is 9.32. The molecule has 0 atom stereocenters. The largest absolute Gasteiger partial charge is 0.494 e. The molecule has 0 aliphatic rings. The smallest absolute Gasteiger partial charge is 0.172 e. The lowest BCUT2D eigenvalue weighted by atomic mass is 10.2. The van der Waals surface area contributed by atoms with E-state index in [4.69, 9.17) is 9.47 Å². The summed E-state index contributed by atoms with van der Waals surface area (Å²) in [5.41, 5.74) is -0.0961. The predicted molar refractivity (Wildman–Crippen MR) is 52.1 cm³/mol. The Hall–Kier alpha value is -0.840. The van der Waals surface area contributed by atoms with E-state index in [1.165, 1.54) is 20.3 Å². The summed E-state index contributed by atoms with van der Waals surface area (Å²) in [6.07, 6.45) is 0. The van der Waals surface area contributed by atoms with Crippen LogP contribution in [0.5, 0.6) is 11.5 Å². The Bertz CT molecular complexity index is 314. The van der Waals surface area contributed by atoms with Crippen LogP contribution in [0.4, 0.5) is 8.78 Å². The van der Waals surface area contributed by atoms with Gasteiger partial charge in [0.1, 0.15) is 0 Å². The third-order valence-electron chi connectivity index (χ3n) is 1.80. The van der Waals surface area contributed by atoms with E-state index >= 15 is 0 Å². The van der Waals surface area contributed by atoms with Gasteiger partial charge in [-0.1, -0.05) is 15.9 Å². The van der Waals surface area contributed by atoms with Gasteiger partial charge in [0.2, 0.25) is 0 Å². The molecule has 0 heterocycles. The van der Waals surface area contributed by atoms with Crippen LogP contribution in [0.15, 0.2) is 6.07 Å². The van der Waals surface area contributed by atoms with Crippen molar-refractivity contribution in [2.75, 3.05) is 14.2 Å². The molecular weight excluding hydrogens is 258 g/mol. The first kappa shape index (κ1) is 11.2. The SMILES string of the molecule is COc1cc(OC)c(F)c(CBr)c1F. The van der Waals surface area contributed by atoms with Crippen molar-refractivity contribution in [2.24, 2.45) is 0 Å². The van der Waals surface area contributed by atoms with Gasteiger partial charge in [-0.15, -0.1) is 0 Å². The van der Waals surface area contributed by atoms with E-state index < -0.39 is 11.6 Å². The lowest BCUT2D eigenvalue weighted by Gasteiger charge is -2.10. The summed E-state index contributed by atoms with van der Waals surface area (Å²) in [7, 11) is 2.63. The van der Waals surface area contributed by atoms with Crippen LogP contribution in [0.3, 0.4) is 0 Å². The van der Waals surface area contributed by atoms with Crippen LogP contribution >= 0.6 is 15.9 Å². The monoisotopic (exact) mass is 266 g/mol. The number of halogens is 3. The average Bonchev–Trinajstić information content (AvgIpc) is 2.19. The Morgan fingerprint density at radius 2 is 1.57 bits per heavy atom. The number of rotatable bonds is 3. The summed E-state index contributed by atoms with van der Waals surface area (Å²) in [5.74, 6) is -1.47. The van der Waals surface area contributed by atoms with Gasteiger partial charge in [-0.25, -0.2) is 8.78 Å². The maximum atomic E-state index is 13.4. The van der Waals surface area contributed by atoms with E-state index in [1.807, 2.05) is 0 Å². The first-order chi connectivity index (χ1) is 6.65. The summed E-state index contributed by atoms with van der Waals surface area (Å²) < 4.78 is 36.3. The van der Waals surface area contributed by atoms with Crippen molar-refractivity contribution in [3.63, 3.8) is 0 Å². The van der Waals surface area contributed by atoms with E-state index in [2.05, 4.69) is 15.9 Å². The molecule has 0 radical (unpaired) electrons. The molecule has 1 rings (SSSR count). The highest BCUT2D eigenvalue weighted by atomic mass is 79.9. The van der Waals surface area contributed by atoms with Crippen molar-refractivity contribution in [1.29, 1.82) is 0 Å². The van der Waals surface area contributed by atoms with Crippen molar-refractivity contribution in [3.05, 3.63) is 23.3 Å². The summed E-state index contributed by atoms with van der Waals surface area (Å²) in [6, 6.07) is 1.18. The lowest BCUT2D eigenvalue weighted by molar-refractivity contribution is 0.355. The minimum absolute atomic E-state index is 0.0299. The van der Waals surface area contributed by atoms with Gasteiger partial charge < -0.3 is 9.47 Å². The molecule has 0 amide bonds. The Morgan fingerprint density at radius 1 is 1.14 bits per heavy atom. The van der Waals surface area contributed by atoms with Gasteiger partial charge in [-0.3, -0.25) is 0 Å². The Kier molecular flexibility index (Phi) is 3.69. The molecule has 0 unspecified atom stereocenters. The summed E-state index contributed by atoms with van der Waals surface area (Å²) >= 11 is 2.99. The van der Waals surface area contributed by atoms with E-state index in [1.54, 1.807) is 0 Å². The molecule has 5 heteroatoms. The van der Waals surface area contributed by atoms with Crippen molar-refractivity contribution in [2.45, 2.75) is 5.33 Å². The number of methoxy groups -OCH3 is 2. The summed E-state index contributed by atoms with van der Waals surface area (Å²) in [6.45, 7) is 0. The molecule has 14 heavy (non-hydrogen) atoms. The third-order valence-corrected chi connectivity index (χ3v) is 2.36. The maximum absolute atomic E-state index is 13.4. The Labute approximate surface area is 89.0 Å². The Balaban J connectivity index is 3.39. The molecular formula is C9H9BrF2O2. The second kappa shape index (κ2) is 4.59. The summed E-state index contributed by atoms with van der Waals surface area (Å²) in [5, 5.41) is 0.0677. The fourth-order valence-electron chi connectivity index (χ4n) is 1.05. The minimum atomic E-state index is -0.706. The Morgan fingerprint density at radius 3 is 1.86 bits per heavy atom. The first-order valence-electron chi connectivity index (χ1n) is 3.80.